The largest absolute Gasteiger partial charge is 0.507 e. The molecule has 0 bridgehead atoms. The van der Waals surface area contributed by atoms with E-state index < -0.39 is 0 Å². The Labute approximate surface area is 125 Å². The molecule has 0 saturated carbocycles. The fourth-order valence-electron chi connectivity index (χ4n) is 1.68. The first-order chi connectivity index (χ1) is 9.58. The Bertz CT molecular complexity index is 669. The van der Waals surface area contributed by atoms with Crippen molar-refractivity contribution in [1.29, 1.82) is 0 Å². The third-order valence-electron chi connectivity index (χ3n) is 2.75. The fourth-order valence-corrected chi connectivity index (χ4v) is 2.06. The number of phenols is 1. The molecule has 0 radical (unpaired) electrons. The predicted molar refractivity (Wildman–Crippen MR) is 82.0 cm³/mol. The number of nitrogens with one attached hydrogen (secondary N) is 1. The van der Waals surface area contributed by atoms with Gasteiger partial charge >= 0.3 is 0 Å². The van der Waals surface area contributed by atoms with Gasteiger partial charge in [-0.1, -0.05) is 34.1 Å². The third kappa shape index (κ3) is 3.45. The zero-order valence-corrected chi connectivity index (χ0v) is 12.4. The molecule has 0 heterocycles. The predicted octanol–water partition coefficient (Wildman–Crippen LogP) is 3.23. The summed E-state index contributed by atoms with van der Waals surface area (Å²) in [4.78, 5) is 11.9. The van der Waals surface area contributed by atoms with Crippen molar-refractivity contribution in [3.63, 3.8) is 0 Å². The van der Waals surface area contributed by atoms with Crippen LogP contribution in [0.3, 0.4) is 0 Å². The van der Waals surface area contributed by atoms with Crippen LogP contribution in [0.25, 0.3) is 0 Å². The average molecular weight is 333 g/mol. The van der Waals surface area contributed by atoms with Gasteiger partial charge in [0.25, 0.3) is 5.91 Å². The monoisotopic (exact) mass is 332 g/mol. The lowest BCUT2D eigenvalue weighted by atomic mass is 10.1. The number of carbonyl (C=O) groups excluding carboxylic acids is 1. The maximum absolute atomic E-state index is 11.9. The summed E-state index contributed by atoms with van der Waals surface area (Å²) in [5.41, 5.74) is 4.41. The van der Waals surface area contributed by atoms with E-state index in [1.54, 1.807) is 30.3 Å². The van der Waals surface area contributed by atoms with Gasteiger partial charge < -0.3 is 5.11 Å². The standard InChI is InChI=1S/C15H13BrN2O2/c1-10-4-2-3-5-13(10)15(20)18-17-9-11-8-12(16)6-7-14(11)19/h2-9,19H,1H3,(H,18,20)/b17-9+. The van der Waals surface area contributed by atoms with Gasteiger partial charge in [-0.2, -0.15) is 5.10 Å². The maximum Gasteiger partial charge on any atom is 0.271 e. The highest BCUT2D eigenvalue weighted by molar-refractivity contribution is 9.10. The normalized spacial score (nSPS) is 10.7. The summed E-state index contributed by atoms with van der Waals surface area (Å²) in [5.74, 6) is -0.184. The van der Waals surface area contributed by atoms with Gasteiger partial charge in [0, 0.05) is 15.6 Å². The highest BCUT2D eigenvalue weighted by Gasteiger charge is 2.06. The molecule has 0 fully saturated rings. The van der Waals surface area contributed by atoms with E-state index in [9.17, 15) is 9.90 Å². The van der Waals surface area contributed by atoms with Gasteiger partial charge in [-0.05, 0) is 36.8 Å². The Hall–Kier alpha value is -2.14. The fraction of sp³-hybridized carbons (Fsp3) is 0.0667. The molecule has 2 N–H and O–H groups in total. The van der Waals surface area contributed by atoms with Crippen LogP contribution in [0.2, 0.25) is 0 Å². The molecule has 2 rings (SSSR count). The van der Waals surface area contributed by atoms with E-state index >= 15 is 0 Å². The van der Waals surface area contributed by atoms with E-state index in [0.29, 0.717) is 11.1 Å². The molecule has 0 aliphatic rings. The zero-order chi connectivity index (χ0) is 14.5. The zero-order valence-electron chi connectivity index (χ0n) is 10.8. The van der Waals surface area contributed by atoms with Crippen molar-refractivity contribution < 1.29 is 9.90 Å². The van der Waals surface area contributed by atoms with Crippen LogP contribution in [0.1, 0.15) is 21.5 Å². The minimum Gasteiger partial charge on any atom is -0.507 e. The van der Waals surface area contributed by atoms with Gasteiger partial charge in [0.15, 0.2) is 0 Å². The van der Waals surface area contributed by atoms with Crippen LogP contribution in [0.15, 0.2) is 52.0 Å². The molecule has 0 atom stereocenters. The summed E-state index contributed by atoms with van der Waals surface area (Å²) in [6, 6.07) is 12.2. The molecule has 4 nitrogen and oxygen atoms in total. The molecule has 0 aliphatic heterocycles. The molecule has 0 unspecified atom stereocenters. The number of nitrogens with zero attached hydrogens (tertiary/aromatic N) is 1. The van der Waals surface area contributed by atoms with Crippen molar-refractivity contribution in [2.75, 3.05) is 0 Å². The smallest absolute Gasteiger partial charge is 0.271 e. The average Bonchev–Trinajstić information content (AvgIpc) is 2.43. The van der Waals surface area contributed by atoms with Gasteiger partial charge in [-0.15, -0.1) is 0 Å². The van der Waals surface area contributed by atoms with Crippen molar-refractivity contribution in [2.24, 2.45) is 5.10 Å². The number of halogens is 1. The van der Waals surface area contributed by atoms with Crippen molar-refractivity contribution in [2.45, 2.75) is 6.92 Å². The van der Waals surface area contributed by atoms with Crippen LogP contribution in [-0.4, -0.2) is 17.2 Å². The number of carbonyl (C=O) groups is 1. The van der Waals surface area contributed by atoms with Crippen molar-refractivity contribution in [1.82, 2.24) is 5.43 Å². The van der Waals surface area contributed by atoms with E-state index in [2.05, 4.69) is 26.5 Å². The highest BCUT2D eigenvalue weighted by atomic mass is 79.9. The first-order valence-electron chi connectivity index (χ1n) is 5.95. The maximum atomic E-state index is 11.9. The molecule has 2 aromatic carbocycles. The first-order valence-corrected chi connectivity index (χ1v) is 6.75. The van der Waals surface area contributed by atoms with E-state index in [0.717, 1.165) is 10.0 Å². The van der Waals surface area contributed by atoms with Gasteiger partial charge in [0.1, 0.15) is 5.75 Å². The molecule has 102 valence electrons. The topological polar surface area (TPSA) is 61.7 Å². The number of phenolic OH excluding ortho intramolecular Hbond substituents is 1. The van der Waals surface area contributed by atoms with Gasteiger partial charge in [0.05, 0.1) is 6.21 Å². The summed E-state index contributed by atoms with van der Waals surface area (Å²) in [6.45, 7) is 1.86. The second kappa shape index (κ2) is 6.34. The van der Waals surface area contributed by atoms with E-state index in [4.69, 9.17) is 0 Å². The quantitative estimate of drug-likeness (QED) is 0.669. The molecule has 2 aromatic rings. The van der Waals surface area contributed by atoms with Crippen LogP contribution in [-0.2, 0) is 0 Å². The molecular weight excluding hydrogens is 320 g/mol. The number of aryl methyl sites for hydroxylation is 1. The number of rotatable bonds is 3. The van der Waals surface area contributed by atoms with Crippen LogP contribution in [0.4, 0.5) is 0 Å². The van der Waals surface area contributed by atoms with Crippen molar-refractivity contribution >= 4 is 28.1 Å². The Kier molecular flexibility index (Phi) is 4.53. The van der Waals surface area contributed by atoms with Gasteiger partial charge in [-0.25, -0.2) is 5.43 Å². The second-order valence-corrected chi connectivity index (χ2v) is 5.13. The number of benzene rings is 2. The lowest BCUT2D eigenvalue weighted by Gasteiger charge is -2.03. The second-order valence-electron chi connectivity index (χ2n) is 4.22. The summed E-state index contributed by atoms with van der Waals surface area (Å²) in [6.07, 6.45) is 1.40. The number of hydrogen-bond donors (Lipinski definition) is 2. The molecule has 0 spiro atoms. The third-order valence-corrected chi connectivity index (χ3v) is 3.24. The lowest BCUT2D eigenvalue weighted by molar-refractivity contribution is 0.0954. The van der Waals surface area contributed by atoms with Crippen LogP contribution >= 0.6 is 15.9 Å². The van der Waals surface area contributed by atoms with Crippen molar-refractivity contribution in [3.8, 4) is 5.75 Å². The molecule has 0 aromatic heterocycles. The Morgan fingerprint density at radius 2 is 2.05 bits per heavy atom. The van der Waals surface area contributed by atoms with E-state index in [1.807, 2.05) is 19.1 Å². The number of hydrazone groups is 1. The molecule has 0 saturated heterocycles. The minimum absolute atomic E-state index is 0.0992. The summed E-state index contributed by atoms with van der Waals surface area (Å²) < 4.78 is 0.821. The number of aromatic hydroxyl groups is 1. The van der Waals surface area contributed by atoms with Crippen molar-refractivity contribution in [3.05, 3.63) is 63.6 Å². The number of hydrogen-bond acceptors (Lipinski definition) is 3. The van der Waals surface area contributed by atoms with E-state index in [-0.39, 0.29) is 11.7 Å². The molecule has 20 heavy (non-hydrogen) atoms. The summed E-state index contributed by atoms with van der Waals surface area (Å²) >= 11 is 3.30. The highest BCUT2D eigenvalue weighted by Crippen LogP contribution is 2.19. The number of amides is 1. The first kappa shape index (κ1) is 14.3. The molecular formula is C15H13BrN2O2. The SMILES string of the molecule is Cc1ccccc1C(=O)N/N=C/c1cc(Br)ccc1O. The van der Waals surface area contributed by atoms with Crippen LogP contribution in [0, 0.1) is 6.92 Å². The Balaban J connectivity index is 2.09. The van der Waals surface area contributed by atoms with Crippen LogP contribution < -0.4 is 5.43 Å². The van der Waals surface area contributed by atoms with E-state index in [1.165, 1.54) is 6.21 Å². The lowest BCUT2D eigenvalue weighted by Crippen LogP contribution is -2.18. The molecule has 1 amide bonds. The minimum atomic E-state index is -0.283. The summed E-state index contributed by atoms with van der Waals surface area (Å²) in [5, 5.41) is 13.5. The summed E-state index contributed by atoms with van der Waals surface area (Å²) in [7, 11) is 0. The van der Waals surface area contributed by atoms with Gasteiger partial charge in [-0.3, -0.25) is 4.79 Å². The van der Waals surface area contributed by atoms with Crippen LogP contribution in [0.5, 0.6) is 5.75 Å². The van der Waals surface area contributed by atoms with Gasteiger partial charge in [0.2, 0.25) is 0 Å². The molecule has 0 aliphatic carbocycles. The Morgan fingerprint density at radius 1 is 1.30 bits per heavy atom. The molecule has 5 heteroatoms. The Morgan fingerprint density at radius 3 is 2.80 bits per heavy atom.